The third-order valence-corrected chi connectivity index (χ3v) is 11.2. The number of nitrogens with one attached hydrogen (secondary N) is 2. The zero-order chi connectivity index (χ0) is 40.2. The number of aliphatic hydroxyl groups is 3. The van der Waals surface area contributed by atoms with E-state index in [0.29, 0.717) is 6.42 Å². The van der Waals surface area contributed by atoms with E-state index in [1.165, 1.54) is 11.9 Å². The van der Waals surface area contributed by atoms with Crippen molar-refractivity contribution in [2.75, 3.05) is 13.7 Å². The van der Waals surface area contributed by atoms with E-state index in [0.717, 1.165) is 11.1 Å². The van der Waals surface area contributed by atoms with Crippen molar-refractivity contribution in [1.29, 1.82) is 0 Å². The SMILES string of the molecule is CC1C[C@@H]2OC(O[C@H]3OC(CO)[C@@H](C)[C@H](O)C3O)C3C(OC(=O)N3C)C2O[C@@H]1O[C@H]1C=C[C@H](NC(=O)OCc2ccccc2)CC1NC(=O)OCc1ccccc1. The Kier molecular flexibility index (Phi) is 13.0. The van der Waals surface area contributed by atoms with Crippen LogP contribution in [0.25, 0.3) is 0 Å². The Morgan fingerprint density at radius 2 is 1.44 bits per heavy atom. The molecule has 0 saturated carbocycles. The molecule has 0 spiro atoms. The van der Waals surface area contributed by atoms with Crippen molar-refractivity contribution in [3.63, 3.8) is 0 Å². The molecule has 4 heterocycles. The second kappa shape index (κ2) is 18.1. The van der Waals surface area contributed by atoms with Gasteiger partial charge in [-0.2, -0.15) is 0 Å². The first kappa shape index (κ1) is 40.9. The Hall–Kier alpha value is -4.33. The van der Waals surface area contributed by atoms with Crippen LogP contribution in [0.15, 0.2) is 72.8 Å². The molecular weight excluding hydrogens is 746 g/mol. The molecular formula is C40H51N3O14. The van der Waals surface area contributed by atoms with Gasteiger partial charge in [-0.15, -0.1) is 0 Å². The minimum atomic E-state index is -1.44. The van der Waals surface area contributed by atoms with Crippen molar-refractivity contribution in [2.24, 2.45) is 11.8 Å². The van der Waals surface area contributed by atoms with Crippen molar-refractivity contribution in [3.05, 3.63) is 83.9 Å². The number of nitrogens with zero attached hydrogens (tertiary/aromatic N) is 1. The standard InChI is InChI=1S/C40H51N3O14/c1-21-16-28-33(34-30(43(3)40(49)56-34)36(53-28)57-37-32(46)31(45)22(2)29(18-44)54-37)55-35(21)52-27-15-14-25(41-38(47)50-19-23-10-6-4-7-11-23)17-26(27)42-39(48)51-20-24-12-8-5-9-13-24/h4-15,21-22,25-37,44-46H,16-20H2,1-3H3,(H,41,47)(H,42,48)/t21?,22-,25+,26?,27+,28+,29?,30?,31+,32?,33?,34?,35+,36?,37-/m1/s1. The van der Waals surface area contributed by atoms with E-state index in [1.807, 2.05) is 67.6 Å². The number of alkyl carbamates (subject to hydrolysis) is 2. The fraction of sp³-hybridized carbons (Fsp3) is 0.575. The number of likely N-dealkylation sites (N-methyl/N-ethyl adjacent to an activating group) is 1. The van der Waals surface area contributed by atoms with Crippen molar-refractivity contribution in [1.82, 2.24) is 15.5 Å². The summed E-state index contributed by atoms with van der Waals surface area (Å²) in [6.45, 7) is 3.30. The van der Waals surface area contributed by atoms with Gasteiger partial charge in [0.25, 0.3) is 0 Å². The van der Waals surface area contributed by atoms with Crippen LogP contribution in [0.2, 0.25) is 0 Å². The third-order valence-electron chi connectivity index (χ3n) is 11.2. The number of aliphatic hydroxyl groups excluding tert-OH is 3. The third kappa shape index (κ3) is 9.37. The summed E-state index contributed by atoms with van der Waals surface area (Å²) < 4.78 is 48.2. The molecule has 8 unspecified atom stereocenters. The molecule has 0 radical (unpaired) electrons. The number of hydrogen-bond acceptors (Lipinski definition) is 14. The fourth-order valence-electron chi connectivity index (χ4n) is 7.91. The largest absolute Gasteiger partial charge is 0.445 e. The van der Waals surface area contributed by atoms with Crippen LogP contribution in [0.3, 0.4) is 0 Å². The Balaban J connectivity index is 1.03. The molecule has 4 saturated heterocycles. The normalized spacial score (nSPS) is 37.3. The van der Waals surface area contributed by atoms with Gasteiger partial charge < -0.3 is 63.8 Å². The van der Waals surface area contributed by atoms with Crippen LogP contribution < -0.4 is 10.6 Å². The quantitative estimate of drug-likeness (QED) is 0.163. The maximum Gasteiger partial charge on any atom is 0.410 e. The molecule has 2 aromatic carbocycles. The van der Waals surface area contributed by atoms with Crippen LogP contribution in [-0.4, -0.2) is 132 Å². The number of carbonyl (C=O) groups excluding carboxylic acids is 3. The monoisotopic (exact) mass is 797 g/mol. The van der Waals surface area contributed by atoms with Crippen LogP contribution in [0.1, 0.15) is 37.8 Å². The van der Waals surface area contributed by atoms with Crippen molar-refractivity contribution in [2.45, 2.75) is 120 Å². The van der Waals surface area contributed by atoms with Crippen LogP contribution in [0.5, 0.6) is 0 Å². The smallest absolute Gasteiger partial charge is 0.410 e. The Labute approximate surface area is 330 Å². The molecule has 17 nitrogen and oxygen atoms in total. The summed E-state index contributed by atoms with van der Waals surface area (Å²) in [4.78, 5) is 40.1. The van der Waals surface area contributed by atoms with E-state index in [-0.39, 0.29) is 25.6 Å². The Morgan fingerprint density at radius 1 is 0.789 bits per heavy atom. The second-order valence-electron chi connectivity index (χ2n) is 15.2. The van der Waals surface area contributed by atoms with Gasteiger partial charge in [-0.05, 0) is 24.0 Å². The molecule has 0 aromatic heterocycles. The highest BCUT2D eigenvalue weighted by Crippen LogP contribution is 2.42. The summed E-state index contributed by atoms with van der Waals surface area (Å²) in [6, 6.07) is 16.5. The van der Waals surface area contributed by atoms with E-state index in [2.05, 4.69) is 10.6 Å². The number of amides is 3. The fourth-order valence-corrected chi connectivity index (χ4v) is 7.91. The van der Waals surface area contributed by atoms with E-state index in [9.17, 15) is 29.7 Å². The predicted octanol–water partition coefficient (Wildman–Crippen LogP) is 2.31. The number of carbonyl (C=O) groups is 3. The van der Waals surface area contributed by atoms with Crippen molar-refractivity contribution >= 4 is 18.3 Å². The van der Waals surface area contributed by atoms with Crippen LogP contribution in [0.4, 0.5) is 14.4 Å². The van der Waals surface area contributed by atoms with Gasteiger partial charge in [0.2, 0.25) is 0 Å². The first-order valence-corrected chi connectivity index (χ1v) is 19.3. The van der Waals surface area contributed by atoms with Crippen molar-refractivity contribution in [3.8, 4) is 0 Å². The van der Waals surface area contributed by atoms with E-state index in [1.54, 1.807) is 19.1 Å². The lowest BCUT2D eigenvalue weighted by atomic mass is 9.87. The maximum atomic E-state index is 13.1. The van der Waals surface area contributed by atoms with Gasteiger partial charge in [-0.3, -0.25) is 4.90 Å². The molecule has 7 rings (SSSR count). The predicted molar refractivity (Wildman–Crippen MR) is 197 cm³/mol. The number of rotatable bonds is 11. The van der Waals surface area contributed by atoms with E-state index < -0.39 is 111 Å². The summed E-state index contributed by atoms with van der Waals surface area (Å²) in [5.41, 5.74) is 1.65. The van der Waals surface area contributed by atoms with Gasteiger partial charge >= 0.3 is 18.3 Å². The number of benzene rings is 2. The average Bonchev–Trinajstić information content (AvgIpc) is 3.52. The number of fused-ring (bicyclic) bond motifs is 3. The van der Waals surface area contributed by atoms with Gasteiger partial charge in [-0.25, -0.2) is 14.4 Å². The Morgan fingerprint density at radius 3 is 2.09 bits per heavy atom. The highest BCUT2D eigenvalue weighted by molar-refractivity contribution is 5.71. The van der Waals surface area contributed by atoms with E-state index in [4.69, 9.17) is 37.9 Å². The first-order valence-electron chi connectivity index (χ1n) is 19.3. The summed E-state index contributed by atoms with van der Waals surface area (Å²) in [7, 11) is 1.53. The molecule has 57 heavy (non-hydrogen) atoms. The zero-order valence-corrected chi connectivity index (χ0v) is 31.9. The molecule has 15 atom stereocenters. The van der Waals surface area contributed by atoms with Gasteiger partial charge in [0.1, 0.15) is 31.5 Å². The molecule has 310 valence electrons. The summed E-state index contributed by atoms with van der Waals surface area (Å²) in [6.07, 6.45) is -7.63. The molecule has 4 aliphatic heterocycles. The number of hydrogen-bond donors (Lipinski definition) is 5. The lowest BCUT2D eigenvalue weighted by Crippen LogP contribution is -2.66. The topological polar surface area (TPSA) is 213 Å². The summed E-state index contributed by atoms with van der Waals surface area (Å²) in [5, 5.41) is 37.0. The van der Waals surface area contributed by atoms with Crippen LogP contribution >= 0.6 is 0 Å². The van der Waals surface area contributed by atoms with Crippen molar-refractivity contribution < 1.29 is 67.6 Å². The lowest BCUT2D eigenvalue weighted by Gasteiger charge is -2.50. The molecule has 5 aliphatic rings. The second-order valence-corrected chi connectivity index (χ2v) is 15.2. The van der Waals surface area contributed by atoms with Gasteiger partial charge in [0.15, 0.2) is 25.0 Å². The van der Waals surface area contributed by atoms with Gasteiger partial charge in [0, 0.05) is 18.9 Å². The Bertz CT molecular complexity index is 1700. The molecule has 0 bridgehead atoms. The van der Waals surface area contributed by atoms with E-state index >= 15 is 0 Å². The highest BCUT2D eigenvalue weighted by atomic mass is 16.8. The number of ether oxygens (including phenoxy) is 8. The molecule has 1 aliphatic carbocycles. The molecule has 3 amide bonds. The van der Waals surface area contributed by atoms with Gasteiger partial charge in [-0.1, -0.05) is 86.7 Å². The summed E-state index contributed by atoms with van der Waals surface area (Å²) >= 11 is 0. The molecule has 4 fully saturated rings. The molecule has 17 heteroatoms. The molecule has 5 N–H and O–H groups in total. The average molecular weight is 798 g/mol. The van der Waals surface area contributed by atoms with Gasteiger partial charge in [0.05, 0.1) is 43.1 Å². The lowest BCUT2D eigenvalue weighted by molar-refractivity contribution is -0.375. The maximum absolute atomic E-state index is 13.1. The molecule has 2 aromatic rings. The minimum Gasteiger partial charge on any atom is -0.445 e. The highest BCUT2D eigenvalue weighted by Gasteiger charge is 2.60. The van der Waals surface area contributed by atoms with Crippen LogP contribution in [0, 0.1) is 11.8 Å². The zero-order valence-electron chi connectivity index (χ0n) is 31.9. The minimum absolute atomic E-state index is 0.0497. The van der Waals surface area contributed by atoms with Crippen LogP contribution in [-0.2, 0) is 51.1 Å². The first-order chi connectivity index (χ1) is 27.5. The summed E-state index contributed by atoms with van der Waals surface area (Å²) in [5.74, 6) is -0.839.